The zero-order valence-corrected chi connectivity index (χ0v) is 16.0. The fraction of sp³-hybridized carbons (Fsp3) is 0.550. The molecule has 2 aromatic rings. The van der Waals surface area contributed by atoms with Crippen LogP contribution in [0.4, 0.5) is 0 Å². The summed E-state index contributed by atoms with van der Waals surface area (Å²) >= 11 is 1.91. The van der Waals surface area contributed by atoms with Crippen LogP contribution in [0, 0.1) is 6.92 Å². The predicted molar refractivity (Wildman–Crippen MR) is 104 cm³/mol. The molecular formula is C20H27N3OS. The van der Waals surface area contributed by atoms with Gasteiger partial charge in [0.05, 0.1) is 0 Å². The number of benzene rings is 1. The third-order valence-electron chi connectivity index (χ3n) is 6.09. The summed E-state index contributed by atoms with van der Waals surface area (Å²) < 4.78 is 1.39. The van der Waals surface area contributed by atoms with Gasteiger partial charge >= 0.3 is 0 Å². The van der Waals surface area contributed by atoms with Gasteiger partial charge in [0.25, 0.3) is 0 Å². The van der Waals surface area contributed by atoms with Crippen LogP contribution in [-0.2, 0) is 11.3 Å². The topological polar surface area (TPSA) is 35.6 Å². The third kappa shape index (κ3) is 3.21. The van der Waals surface area contributed by atoms with Gasteiger partial charge in [-0.2, -0.15) is 0 Å². The number of thiophene rings is 1. The van der Waals surface area contributed by atoms with Crippen molar-refractivity contribution < 1.29 is 4.79 Å². The van der Waals surface area contributed by atoms with Crippen molar-refractivity contribution in [1.82, 2.24) is 15.1 Å². The lowest BCUT2D eigenvalue weighted by Crippen LogP contribution is -2.60. The molecule has 1 N–H and O–H groups in total. The zero-order valence-electron chi connectivity index (χ0n) is 15.2. The van der Waals surface area contributed by atoms with Crippen LogP contribution >= 0.6 is 11.3 Å². The quantitative estimate of drug-likeness (QED) is 0.897. The third-order valence-corrected chi connectivity index (χ3v) is 7.22. The number of carbonyl (C=O) groups excluding carboxylic acids is 1. The molecule has 4 nitrogen and oxygen atoms in total. The molecule has 1 aromatic carbocycles. The highest BCUT2D eigenvalue weighted by atomic mass is 32.1. The van der Waals surface area contributed by atoms with Crippen molar-refractivity contribution in [2.24, 2.45) is 0 Å². The lowest BCUT2D eigenvalue weighted by atomic mass is 9.86. The normalized spacial score (nSPS) is 26.1. The highest BCUT2D eigenvalue weighted by Crippen LogP contribution is 2.34. The lowest BCUT2D eigenvalue weighted by Gasteiger charge is -2.49. The summed E-state index contributed by atoms with van der Waals surface area (Å²) in [5.74, 6) is 0.210. The van der Waals surface area contributed by atoms with Crippen LogP contribution < -0.4 is 5.32 Å². The van der Waals surface area contributed by atoms with E-state index in [9.17, 15) is 4.79 Å². The molecular weight excluding hydrogens is 330 g/mol. The monoisotopic (exact) mass is 357 g/mol. The molecule has 0 unspecified atom stereocenters. The molecule has 5 heteroatoms. The fourth-order valence-corrected chi connectivity index (χ4v) is 5.53. The summed E-state index contributed by atoms with van der Waals surface area (Å²) in [6.45, 7) is 7.31. The number of likely N-dealkylation sites (N-methyl/N-ethyl adjacent to an activating group) is 1. The average Bonchev–Trinajstić information content (AvgIpc) is 2.79. The van der Waals surface area contributed by atoms with Gasteiger partial charge in [-0.1, -0.05) is 18.2 Å². The van der Waals surface area contributed by atoms with Crippen LogP contribution in [0.2, 0.25) is 0 Å². The number of aryl methyl sites for hydroxylation is 1. The van der Waals surface area contributed by atoms with Gasteiger partial charge in [0.1, 0.15) is 0 Å². The minimum absolute atomic E-state index is 0.136. The fourth-order valence-electron chi connectivity index (χ4n) is 4.45. The van der Waals surface area contributed by atoms with E-state index in [0.717, 1.165) is 45.6 Å². The van der Waals surface area contributed by atoms with E-state index in [4.69, 9.17) is 0 Å². The molecule has 2 saturated heterocycles. The smallest absolute Gasteiger partial charge is 0.220 e. The molecule has 0 aliphatic carbocycles. The molecule has 0 saturated carbocycles. The van der Waals surface area contributed by atoms with E-state index < -0.39 is 0 Å². The van der Waals surface area contributed by atoms with E-state index in [0.29, 0.717) is 6.42 Å². The van der Waals surface area contributed by atoms with Crippen molar-refractivity contribution in [3.63, 3.8) is 0 Å². The second-order valence-electron chi connectivity index (χ2n) is 7.59. The number of fused-ring (bicyclic) bond motifs is 1. The Morgan fingerprint density at radius 2 is 2.08 bits per heavy atom. The molecule has 1 atom stereocenters. The summed E-state index contributed by atoms with van der Waals surface area (Å²) in [6, 6.07) is 8.76. The Balaban J connectivity index is 1.57. The van der Waals surface area contributed by atoms with Gasteiger partial charge in [0.15, 0.2) is 0 Å². The second-order valence-corrected chi connectivity index (χ2v) is 8.85. The number of piperazine rings is 1. The summed E-state index contributed by atoms with van der Waals surface area (Å²) in [5.41, 5.74) is 1.63. The van der Waals surface area contributed by atoms with Gasteiger partial charge in [0, 0.05) is 54.3 Å². The van der Waals surface area contributed by atoms with Gasteiger partial charge in [-0.3, -0.25) is 14.6 Å². The van der Waals surface area contributed by atoms with E-state index in [1.807, 2.05) is 11.3 Å². The molecule has 0 bridgehead atoms. The number of hydrogen-bond acceptors (Lipinski definition) is 4. The Morgan fingerprint density at radius 3 is 2.96 bits per heavy atom. The van der Waals surface area contributed by atoms with E-state index in [1.54, 1.807) is 0 Å². The number of nitrogens with zero attached hydrogens (tertiary/aromatic N) is 2. The number of amides is 1. The van der Waals surface area contributed by atoms with Crippen LogP contribution in [0.3, 0.4) is 0 Å². The van der Waals surface area contributed by atoms with E-state index >= 15 is 0 Å². The van der Waals surface area contributed by atoms with Crippen molar-refractivity contribution in [3.05, 3.63) is 34.7 Å². The van der Waals surface area contributed by atoms with Crippen LogP contribution in [0.1, 0.15) is 29.7 Å². The van der Waals surface area contributed by atoms with E-state index in [1.165, 1.54) is 20.5 Å². The Morgan fingerprint density at radius 1 is 1.24 bits per heavy atom. The number of carbonyl (C=O) groups is 1. The summed E-state index contributed by atoms with van der Waals surface area (Å²) in [5, 5.41) is 4.46. The first kappa shape index (κ1) is 17.0. The molecule has 4 rings (SSSR count). The summed E-state index contributed by atoms with van der Waals surface area (Å²) in [7, 11) is 2.23. The van der Waals surface area contributed by atoms with Gasteiger partial charge in [0.2, 0.25) is 5.91 Å². The SMILES string of the molecule is Cc1sc2ccccc2c1CN1CCN(C)[C@@]2(CCNC(=O)CC2)C1. The number of nitrogens with one attached hydrogen (secondary N) is 1. The summed E-state index contributed by atoms with van der Waals surface area (Å²) in [4.78, 5) is 18.4. The molecule has 3 heterocycles. The summed E-state index contributed by atoms with van der Waals surface area (Å²) in [6.07, 6.45) is 2.67. The predicted octanol–water partition coefficient (Wildman–Crippen LogP) is 3.00. The van der Waals surface area contributed by atoms with Crippen LogP contribution in [0.5, 0.6) is 0 Å². The molecule has 25 heavy (non-hydrogen) atoms. The lowest BCUT2D eigenvalue weighted by molar-refractivity contribution is -0.121. The van der Waals surface area contributed by atoms with Crippen molar-refractivity contribution in [2.45, 2.75) is 38.3 Å². The Hall–Kier alpha value is -1.43. The number of rotatable bonds is 2. The highest BCUT2D eigenvalue weighted by molar-refractivity contribution is 7.19. The highest BCUT2D eigenvalue weighted by Gasteiger charge is 2.40. The Kier molecular flexibility index (Phi) is 4.56. The maximum Gasteiger partial charge on any atom is 0.220 e. The van der Waals surface area contributed by atoms with Crippen LogP contribution in [0.15, 0.2) is 24.3 Å². The minimum atomic E-state index is 0.136. The van der Waals surface area contributed by atoms with Crippen LogP contribution in [-0.4, -0.2) is 54.5 Å². The van der Waals surface area contributed by atoms with Gasteiger partial charge < -0.3 is 5.32 Å². The first-order chi connectivity index (χ1) is 12.1. The van der Waals surface area contributed by atoms with Gasteiger partial charge in [-0.15, -0.1) is 11.3 Å². The minimum Gasteiger partial charge on any atom is -0.356 e. The molecule has 134 valence electrons. The van der Waals surface area contributed by atoms with Crippen LogP contribution in [0.25, 0.3) is 10.1 Å². The molecule has 2 aliphatic rings. The molecule has 1 spiro atoms. The first-order valence-corrected chi connectivity index (χ1v) is 10.1. The maximum absolute atomic E-state index is 11.8. The number of hydrogen-bond donors (Lipinski definition) is 1. The molecule has 2 aliphatic heterocycles. The van der Waals surface area contributed by atoms with Crippen molar-refractivity contribution in [1.29, 1.82) is 0 Å². The van der Waals surface area contributed by atoms with E-state index in [-0.39, 0.29) is 11.4 Å². The first-order valence-electron chi connectivity index (χ1n) is 9.25. The molecule has 0 radical (unpaired) electrons. The largest absolute Gasteiger partial charge is 0.356 e. The van der Waals surface area contributed by atoms with Crippen molar-refractivity contribution in [2.75, 3.05) is 33.2 Å². The molecule has 1 amide bonds. The Bertz CT molecular complexity index is 786. The van der Waals surface area contributed by atoms with E-state index in [2.05, 4.69) is 53.4 Å². The van der Waals surface area contributed by atoms with Gasteiger partial charge in [-0.25, -0.2) is 0 Å². The molecule has 2 fully saturated rings. The van der Waals surface area contributed by atoms with Crippen molar-refractivity contribution in [3.8, 4) is 0 Å². The average molecular weight is 358 g/mol. The zero-order chi connectivity index (χ0) is 17.4. The van der Waals surface area contributed by atoms with Crippen molar-refractivity contribution >= 4 is 27.3 Å². The standard InChI is InChI=1S/C20H27N3OS/c1-15-17(16-5-3-4-6-18(16)25-15)13-23-12-11-22(2)20(14-23)8-7-19(24)21-10-9-20/h3-6H,7-14H2,1-2H3,(H,21,24)/t20-/m0/s1. The second kappa shape index (κ2) is 6.71. The Labute approximate surface area is 153 Å². The van der Waals surface area contributed by atoms with Gasteiger partial charge in [-0.05, 0) is 43.8 Å². The molecule has 1 aromatic heterocycles. The maximum atomic E-state index is 11.8.